The summed E-state index contributed by atoms with van der Waals surface area (Å²) < 4.78 is 0. The van der Waals surface area contributed by atoms with Crippen molar-refractivity contribution in [2.24, 2.45) is 0 Å². The van der Waals surface area contributed by atoms with Crippen molar-refractivity contribution in [1.82, 2.24) is 20.4 Å². The average molecular weight is 312 g/mol. The highest BCUT2D eigenvalue weighted by Gasteiger charge is 2.20. The molecule has 2 aromatic carbocycles. The molecule has 114 valence electrons. The number of nitriles is 1. The summed E-state index contributed by atoms with van der Waals surface area (Å²) in [6, 6.07) is 19.3. The summed E-state index contributed by atoms with van der Waals surface area (Å²) >= 11 is 0. The first kappa shape index (κ1) is 13.9. The molecule has 0 spiro atoms. The highest BCUT2D eigenvalue weighted by Crippen LogP contribution is 2.38. The molecule has 0 unspecified atom stereocenters. The molecule has 3 N–H and O–H groups in total. The second-order valence-corrected chi connectivity index (χ2v) is 5.28. The molecule has 4 aromatic rings. The van der Waals surface area contributed by atoms with E-state index in [4.69, 9.17) is 5.73 Å². The van der Waals surface area contributed by atoms with Gasteiger partial charge in [0.25, 0.3) is 0 Å². The lowest BCUT2D eigenvalue weighted by Gasteiger charge is -2.11. The van der Waals surface area contributed by atoms with Crippen LogP contribution in [0.3, 0.4) is 0 Å². The van der Waals surface area contributed by atoms with E-state index in [0.717, 1.165) is 11.1 Å². The van der Waals surface area contributed by atoms with Crippen LogP contribution in [0.1, 0.15) is 5.56 Å². The van der Waals surface area contributed by atoms with Crippen LogP contribution in [0.15, 0.2) is 54.6 Å². The van der Waals surface area contributed by atoms with E-state index in [9.17, 15) is 5.26 Å². The first-order valence-corrected chi connectivity index (χ1v) is 7.34. The van der Waals surface area contributed by atoms with Gasteiger partial charge in [0, 0.05) is 11.1 Å². The second kappa shape index (κ2) is 5.48. The Kier molecular flexibility index (Phi) is 3.18. The van der Waals surface area contributed by atoms with Crippen LogP contribution in [0, 0.1) is 11.3 Å². The van der Waals surface area contributed by atoms with Gasteiger partial charge in [-0.1, -0.05) is 48.5 Å². The molecule has 0 aliphatic rings. The first-order chi connectivity index (χ1) is 11.8. The topological polar surface area (TPSA) is 104 Å². The summed E-state index contributed by atoms with van der Waals surface area (Å²) in [5.41, 5.74) is 10.1. The third kappa shape index (κ3) is 2.08. The number of H-pyrrole nitrogens is 1. The first-order valence-electron chi connectivity index (χ1n) is 7.34. The van der Waals surface area contributed by atoms with Gasteiger partial charge >= 0.3 is 0 Å². The largest absolute Gasteiger partial charge is 0.383 e. The number of nitrogens with zero attached hydrogens (tertiary/aromatic N) is 4. The fourth-order valence-corrected chi connectivity index (χ4v) is 2.79. The van der Waals surface area contributed by atoms with Gasteiger partial charge in [-0.05, 0) is 11.6 Å². The van der Waals surface area contributed by atoms with E-state index in [1.54, 1.807) is 6.07 Å². The highest BCUT2D eigenvalue weighted by molar-refractivity contribution is 6.05. The van der Waals surface area contributed by atoms with Crippen LogP contribution in [0.25, 0.3) is 33.4 Å². The van der Waals surface area contributed by atoms with E-state index in [0.29, 0.717) is 33.7 Å². The van der Waals surface area contributed by atoms with Gasteiger partial charge in [0.2, 0.25) is 5.65 Å². The van der Waals surface area contributed by atoms with Gasteiger partial charge in [-0.25, -0.2) is 0 Å². The summed E-state index contributed by atoms with van der Waals surface area (Å²) in [5.74, 6) is 0.425. The molecule has 0 saturated heterocycles. The van der Waals surface area contributed by atoms with Crippen LogP contribution in [-0.4, -0.2) is 20.4 Å². The van der Waals surface area contributed by atoms with E-state index in [-0.39, 0.29) is 0 Å². The predicted octanol–water partition coefficient (Wildman–Crippen LogP) is 3.14. The fraction of sp³-hybridized carbons (Fsp3) is 0. The van der Waals surface area contributed by atoms with Crippen molar-refractivity contribution in [1.29, 1.82) is 5.26 Å². The number of nitrogen functional groups attached to an aromatic ring is 1. The molecular weight excluding hydrogens is 300 g/mol. The van der Waals surface area contributed by atoms with Crippen molar-refractivity contribution in [2.75, 3.05) is 5.73 Å². The van der Waals surface area contributed by atoms with Gasteiger partial charge in [-0.2, -0.15) is 10.4 Å². The number of benzene rings is 2. The molecule has 0 aliphatic heterocycles. The van der Waals surface area contributed by atoms with Crippen molar-refractivity contribution < 1.29 is 0 Å². The van der Waals surface area contributed by atoms with Crippen molar-refractivity contribution in [2.45, 2.75) is 0 Å². The Morgan fingerprint density at radius 3 is 2.50 bits per heavy atom. The summed E-state index contributed by atoms with van der Waals surface area (Å²) in [6.07, 6.45) is 0. The molecule has 0 bridgehead atoms. The maximum atomic E-state index is 9.43. The van der Waals surface area contributed by atoms with E-state index < -0.39 is 0 Å². The van der Waals surface area contributed by atoms with Gasteiger partial charge in [0.1, 0.15) is 11.5 Å². The maximum absolute atomic E-state index is 9.43. The Morgan fingerprint density at radius 2 is 1.71 bits per heavy atom. The molecule has 0 aliphatic carbocycles. The molecule has 6 heteroatoms. The fourth-order valence-electron chi connectivity index (χ4n) is 2.79. The van der Waals surface area contributed by atoms with E-state index in [2.05, 4.69) is 26.5 Å². The Morgan fingerprint density at radius 1 is 0.958 bits per heavy atom. The highest BCUT2D eigenvalue weighted by atomic mass is 15.2. The number of anilines is 1. The molecule has 24 heavy (non-hydrogen) atoms. The maximum Gasteiger partial charge on any atom is 0.205 e. The molecule has 4 rings (SSSR count). The molecule has 6 nitrogen and oxygen atoms in total. The molecule has 2 aromatic heterocycles. The molecule has 0 fully saturated rings. The number of nitrogens with two attached hydrogens (primary N) is 1. The van der Waals surface area contributed by atoms with E-state index in [1.165, 1.54) is 0 Å². The minimum Gasteiger partial charge on any atom is -0.383 e. The smallest absolute Gasteiger partial charge is 0.205 e. The molecule has 0 amide bonds. The third-order valence-electron chi connectivity index (χ3n) is 3.87. The minimum absolute atomic E-state index is 0.425. The molecule has 0 saturated carbocycles. The molecular formula is C18H12N6. The lowest BCUT2D eigenvalue weighted by Crippen LogP contribution is -1.97. The lowest BCUT2D eigenvalue weighted by atomic mass is 9.95. The predicted molar refractivity (Wildman–Crippen MR) is 91.7 cm³/mol. The number of nitrogens with one attached hydrogen (secondary N) is 1. The zero-order valence-electron chi connectivity index (χ0n) is 12.6. The van der Waals surface area contributed by atoms with Gasteiger partial charge < -0.3 is 5.73 Å². The van der Waals surface area contributed by atoms with Crippen molar-refractivity contribution in [3.05, 3.63) is 60.2 Å². The lowest BCUT2D eigenvalue weighted by molar-refractivity contribution is 1.03. The van der Waals surface area contributed by atoms with Crippen LogP contribution < -0.4 is 5.73 Å². The zero-order chi connectivity index (χ0) is 16.5. The minimum atomic E-state index is 0.425. The van der Waals surface area contributed by atoms with Gasteiger partial charge in [-0.15, -0.1) is 10.2 Å². The average Bonchev–Trinajstić information content (AvgIpc) is 3.03. The monoisotopic (exact) mass is 312 g/mol. The summed E-state index contributed by atoms with van der Waals surface area (Å²) in [5, 5.41) is 25.5. The number of hydrogen-bond acceptors (Lipinski definition) is 5. The van der Waals surface area contributed by atoms with Gasteiger partial charge in [-0.3, -0.25) is 5.10 Å². The van der Waals surface area contributed by atoms with Gasteiger partial charge in [0.05, 0.1) is 17.0 Å². The van der Waals surface area contributed by atoms with E-state index >= 15 is 0 Å². The standard InChI is InChI=1S/C18H12N6/c19-10-12-8-4-5-9-13(12)16-14(11-6-2-1-3-7-11)15-17(20)22-24-18(15)23-21-16/h1-9H,(H3,20,22,23,24). The molecule has 0 radical (unpaired) electrons. The summed E-state index contributed by atoms with van der Waals surface area (Å²) in [7, 11) is 0. The van der Waals surface area contributed by atoms with Crippen molar-refractivity contribution in [3.63, 3.8) is 0 Å². The number of aromatic nitrogens is 4. The van der Waals surface area contributed by atoms with Crippen molar-refractivity contribution >= 4 is 16.9 Å². The van der Waals surface area contributed by atoms with Crippen molar-refractivity contribution in [3.8, 4) is 28.5 Å². The third-order valence-corrected chi connectivity index (χ3v) is 3.87. The normalized spacial score (nSPS) is 10.6. The number of aromatic amines is 1. The number of hydrogen-bond donors (Lipinski definition) is 2. The molecule has 2 heterocycles. The SMILES string of the molecule is N#Cc1ccccc1-c1nnc2n[nH]c(N)c2c1-c1ccccc1. The van der Waals surface area contributed by atoms with Crippen LogP contribution in [0.2, 0.25) is 0 Å². The van der Waals surface area contributed by atoms with Crippen LogP contribution >= 0.6 is 0 Å². The Balaban J connectivity index is 2.14. The van der Waals surface area contributed by atoms with Crippen LogP contribution in [-0.2, 0) is 0 Å². The number of rotatable bonds is 2. The quantitative estimate of drug-likeness (QED) is 0.591. The Bertz CT molecular complexity index is 1080. The second-order valence-electron chi connectivity index (χ2n) is 5.28. The Hall–Kier alpha value is -3.72. The summed E-state index contributed by atoms with van der Waals surface area (Å²) in [4.78, 5) is 0. The summed E-state index contributed by atoms with van der Waals surface area (Å²) in [6.45, 7) is 0. The zero-order valence-corrected chi connectivity index (χ0v) is 12.6. The number of fused-ring (bicyclic) bond motifs is 1. The van der Waals surface area contributed by atoms with Crippen LogP contribution in [0.5, 0.6) is 0 Å². The van der Waals surface area contributed by atoms with E-state index in [1.807, 2.05) is 48.5 Å². The van der Waals surface area contributed by atoms with Gasteiger partial charge in [0.15, 0.2) is 0 Å². The molecule has 0 atom stereocenters. The van der Waals surface area contributed by atoms with Crippen LogP contribution in [0.4, 0.5) is 5.82 Å². The Labute approximate surface area is 137 Å².